The third-order valence-corrected chi connectivity index (χ3v) is 6.07. The van der Waals surface area contributed by atoms with Crippen molar-refractivity contribution in [3.05, 3.63) is 101 Å². The molecule has 0 saturated heterocycles. The first-order chi connectivity index (χ1) is 13.3. The second-order valence-electron chi connectivity index (χ2n) is 7.19. The summed E-state index contributed by atoms with van der Waals surface area (Å²) in [6, 6.07) is 25.4. The highest BCUT2D eigenvalue weighted by atomic mass is 79.9. The van der Waals surface area contributed by atoms with E-state index in [0.717, 1.165) is 22.4 Å². The minimum atomic E-state index is 0.325. The number of rotatable bonds is 3. The van der Waals surface area contributed by atoms with E-state index in [1.165, 1.54) is 16.8 Å². The summed E-state index contributed by atoms with van der Waals surface area (Å²) in [6.45, 7) is 0. The summed E-state index contributed by atoms with van der Waals surface area (Å²) in [7, 11) is 0. The molecule has 3 atom stereocenters. The highest BCUT2D eigenvalue weighted by molar-refractivity contribution is 9.10. The van der Waals surface area contributed by atoms with Gasteiger partial charge in [-0.1, -0.05) is 58.4 Å². The van der Waals surface area contributed by atoms with Crippen LogP contribution in [-0.2, 0) is 0 Å². The molecule has 3 aromatic rings. The fraction of sp³-hybridized carbons (Fsp3) is 0.167. The molecule has 5 rings (SSSR count). The first kappa shape index (κ1) is 16.6. The third kappa shape index (κ3) is 3.17. The van der Waals surface area contributed by atoms with Crippen molar-refractivity contribution in [1.29, 1.82) is 0 Å². The Morgan fingerprint density at radius 2 is 1.70 bits per heavy atom. The Morgan fingerprint density at radius 3 is 2.52 bits per heavy atom. The van der Waals surface area contributed by atoms with E-state index in [2.05, 4.69) is 75.9 Å². The average molecular weight is 418 g/mol. The minimum absolute atomic E-state index is 0.325. The maximum Gasteiger partial charge on any atom is 0.127 e. The molecule has 2 aliphatic rings. The van der Waals surface area contributed by atoms with Gasteiger partial charge in [-0.3, -0.25) is 0 Å². The van der Waals surface area contributed by atoms with Crippen molar-refractivity contribution in [3.63, 3.8) is 0 Å². The van der Waals surface area contributed by atoms with Gasteiger partial charge in [0.05, 0.1) is 6.04 Å². The molecule has 0 radical (unpaired) electrons. The molecule has 0 saturated carbocycles. The summed E-state index contributed by atoms with van der Waals surface area (Å²) in [5.74, 6) is 2.72. The van der Waals surface area contributed by atoms with Crippen molar-refractivity contribution in [1.82, 2.24) is 0 Å². The fourth-order valence-corrected chi connectivity index (χ4v) is 4.53. The minimum Gasteiger partial charge on any atom is -0.457 e. The van der Waals surface area contributed by atoms with Crippen molar-refractivity contribution in [2.24, 2.45) is 5.92 Å². The van der Waals surface area contributed by atoms with E-state index in [0.29, 0.717) is 17.9 Å². The number of fused-ring (bicyclic) bond motifs is 3. The lowest BCUT2D eigenvalue weighted by molar-refractivity contribution is 0.422. The summed E-state index contributed by atoms with van der Waals surface area (Å²) < 4.78 is 7.18. The maximum atomic E-state index is 6.06. The van der Waals surface area contributed by atoms with Gasteiger partial charge < -0.3 is 10.1 Å². The van der Waals surface area contributed by atoms with Crippen LogP contribution in [0.5, 0.6) is 11.5 Å². The molecule has 2 nitrogen and oxygen atoms in total. The van der Waals surface area contributed by atoms with Gasteiger partial charge in [0, 0.05) is 16.1 Å². The Labute approximate surface area is 168 Å². The number of allylic oxidation sites excluding steroid dienone is 2. The van der Waals surface area contributed by atoms with Gasteiger partial charge in [0.25, 0.3) is 0 Å². The number of benzene rings is 3. The van der Waals surface area contributed by atoms with Crippen LogP contribution in [0.1, 0.15) is 29.5 Å². The number of anilines is 1. The number of para-hydroxylation sites is 1. The van der Waals surface area contributed by atoms with Crippen LogP contribution in [0.4, 0.5) is 5.69 Å². The molecular formula is C24H20BrNO. The summed E-state index contributed by atoms with van der Waals surface area (Å²) in [5.41, 5.74) is 3.87. The normalized spacial score (nSPS) is 22.6. The van der Waals surface area contributed by atoms with Gasteiger partial charge in [-0.15, -0.1) is 0 Å². The predicted molar refractivity (Wildman–Crippen MR) is 113 cm³/mol. The topological polar surface area (TPSA) is 21.3 Å². The van der Waals surface area contributed by atoms with Crippen LogP contribution in [0.3, 0.4) is 0 Å². The number of hydrogen-bond acceptors (Lipinski definition) is 2. The van der Waals surface area contributed by atoms with Crippen molar-refractivity contribution in [2.75, 3.05) is 5.32 Å². The zero-order valence-corrected chi connectivity index (χ0v) is 16.4. The number of halogens is 1. The van der Waals surface area contributed by atoms with Crippen LogP contribution < -0.4 is 10.1 Å². The first-order valence-corrected chi connectivity index (χ1v) is 10.1. The molecule has 0 amide bonds. The molecule has 1 heterocycles. The zero-order chi connectivity index (χ0) is 18.2. The molecule has 134 valence electrons. The number of hydrogen-bond donors (Lipinski definition) is 1. The van der Waals surface area contributed by atoms with E-state index in [9.17, 15) is 0 Å². The summed E-state index contributed by atoms with van der Waals surface area (Å²) in [6.07, 6.45) is 5.78. The third-order valence-electron chi connectivity index (χ3n) is 5.54. The molecule has 0 aromatic heterocycles. The van der Waals surface area contributed by atoms with Crippen LogP contribution >= 0.6 is 15.9 Å². The van der Waals surface area contributed by atoms with Crippen LogP contribution in [-0.4, -0.2) is 0 Å². The predicted octanol–water partition coefficient (Wildman–Crippen LogP) is 7.07. The van der Waals surface area contributed by atoms with Crippen molar-refractivity contribution < 1.29 is 4.74 Å². The van der Waals surface area contributed by atoms with Crippen LogP contribution in [0.15, 0.2) is 89.4 Å². The Bertz CT molecular complexity index is 981. The lowest BCUT2D eigenvalue weighted by atomic mass is 9.77. The van der Waals surface area contributed by atoms with Gasteiger partial charge in [0.2, 0.25) is 0 Å². The molecule has 0 fully saturated rings. The molecule has 1 aliphatic carbocycles. The van der Waals surface area contributed by atoms with Gasteiger partial charge in [-0.25, -0.2) is 0 Å². The Hall–Kier alpha value is -2.52. The van der Waals surface area contributed by atoms with Gasteiger partial charge in [-0.2, -0.15) is 0 Å². The van der Waals surface area contributed by atoms with Gasteiger partial charge in [0.15, 0.2) is 0 Å². The monoisotopic (exact) mass is 417 g/mol. The van der Waals surface area contributed by atoms with Crippen LogP contribution in [0.25, 0.3) is 0 Å². The highest BCUT2D eigenvalue weighted by Crippen LogP contribution is 2.50. The molecule has 1 aliphatic heterocycles. The molecule has 3 unspecified atom stereocenters. The van der Waals surface area contributed by atoms with Crippen LogP contribution in [0, 0.1) is 5.92 Å². The Morgan fingerprint density at radius 1 is 0.889 bits per heavy atom. The molecule has 3 aromatic carbocycles. The zero-order valence-electron chi connectivity index (χ0n) is 14.8. The van der Waals surface area contributed by atoms with E-state index < -0.39 is 0 Å². The maximum absolute atomic E-state index is 6.06. The smallest absolute Gasteiger partial charge is 0.127 e. The number of ether oxygens (including phenoxy) is 1. The second kappa shape index (κ2) is 6.90. The lowest BCUT2D eigenvalue weighted by Gasteiger charge is -2.37. The Balaban J connectivity index is 1.48. The molecule has 3 heteroatoms. The van der Waals surface area contributed by atoms with Crippen molar-refractivity contribution in [3.8, 4) is 11.5 Å². The first-order valence-electron chi connectivity index (χ1n) is 9.33. The van der Waals surface area contributed by atoms with Gasteiger partial charge in [-0.05, 0) is 65.9 Å². The summed E-state index contributed by atoms with van der Waals surface area (Å²) >= 11 is 3.54. The van der Waals surface area contributed by atoms with E-state index in [4.69, 9.17) is 4.74 Å². The number of nitrogens with one attached hydrogen (secondary N) is 1. The van der Waals surface area contributed by atoms with Crippen molar-refractivity contribution in [2.45, 2.75) is 18.4 Å². The van der Waals surface area contributed by atoms with E-state index in [1.807, 2.05) is 30.3 Å². The highest BCUT2D eigenvalue weighted by Gasteiger charge is 2.38. The summed E-state index contributed by atoms with van der Waals surface area (Å²) in [5, 5.41) is 3.78. The van der Waals surface area contributed by atoms with Gasteiger partial charge >= 0.3 is 0 Å². The molecular weight excluding hydrogens is 398 g/mol. The molecule has 1 N–H and O–H groups in total. The Kier molecular flexibility index (Phi) is 4.25. The van der Waals surface area contributed by atoms with E-state index in [1.54, 1.807) is 0 Å². The SMILES string of the molecule is Brc1ccc(C2Nc3ccc(Oc4ccccc4)cc3C3C=CCC32)cc1. The molecule has 27 heavy (non-hydrogen) atoms. The summed E-state index contributed by atoms with van der Waals surface area (Å²) in [4.78, 5) is 0. The molecule has 0 spiro atoms. The fourth-order valence-electron chi connectivity index (χ4n) is 4.26. The lowest BCUT2D eigenvalue weighted by Crippen LogP contribution is -2.29. The average Bonchev–Trinajstić information content (AvgIpc) is 3.19. The quantitative estimate of drug-likeness (QED) is 0.460. The van der Waals surface area contributed by atoms with Gasteiger partial charge in [0.1, 0.15) is 11.5 Å². The van der Waals surface area contributed by atoms with Crippen LogP contribution in [0.2, 0.25) is 0 Å². The van der Waals surface area contributed by atoms with E-state index >= 15 is 0 Å². The van der Waals surface area contributed by atoms with E-state index in [-0.39, 0.29) is 0 Å². The molecule has 0 bridgehead atoms. The van der Waals surface area contributed by atoms with Crippen molar-refractivity contribution >= 4 is 21.6 Å². The largest absolute Gasteiger partial charge is 0.457 e. The second-order valence-corrected chi connectivity index (χ2v) is 8.11. The standard InChI is InChI=1S/C24H20BrNO/c25-17-11-9-16(10-12-17)24-21-8-4-7-20(21)22-15-19(13-14-23(22)26-24)27-18-5-2-1-3-6-18/h1-7,9-15,20-21,24,26H,8H2.